The van der Waals surface area contributed by atoms with Crippen molar-refractivity contribution in [3.05, 3.63) is 29.0 Å². The zero-order valence-corrected chi connectivity index (χ0v) is 10.9. The summed E-state index contributed by atoms with van der Waals surface area (Å²) in [6, 6.07) is 4.54. The third kappa shape index (κ3) is 3.07. The van der Waals surface area contributed by atoms with Gasteiger partial charge in [-0.05, 0) is 26.0 Å². The van der Waals surface area contributed by atoms with Crippen LogP contribution in [0.5, 0.6) is 5.75 Å². The Morgan fingerprint density at radius 1 is 1.16 bits per heavy atom. The quantitative estimate of drug-likeness (QED) is 0.835. The van der Waals surface area contributed by atoms with Crippen LogP contribution in [0.3, 0.4) is 0 Å². The molecular weight excluding hydrogens is 281 g/mol. The van der Waals surface area contributed by atoms with Crippen LogP contribution in [0.4, 0.5) is 13.2 Å². The summed E-state index contributed by atoms with van der Waals surface area (Å²) in [5, 5.41) is -0.655. The highest BCUT2D eigenvalue weighted by Gasteiger charge is 2.36. The molecule has 0 amide bonds. The molecule has 0 atom stereocenters. The van der Waals surface area contributed by atoms with Gasteiger partial charge in [-0.3, -0.25) is 0 Å². The lowest BCUT2D eigenvalue weighted by molar-refractivity contribution is -0.141. The van der Waals surface area contributed by atoms with E-state index >= 15 is 0 Å². The summed E-state index contributed by atoms with van der Waals surface area (Å²) < 4.78 is 43.4. The van der Waals surface area contributed by atoms with E-state index in [1.165, 1.54) is 12.1 Å². The van der Waals surface area contributed by atoms with E-state index < -0.39 is 17.0 Å². The molecule has 1 aromatic carbocycles. The van der Waals surface area contributed by atoms with Gasteiger partial charge in [0.05, 0.1) is 17.1 Å². The fourth-order valence-corrected chi connectivity index (χ4v) is 1.78. The highest BCUT2D eigenvalue weighted by Crippen LogP contribution is 2.33. The van der Waals surface area contributed by atoms with E-state index in [1.54, 1.807) is 6.07 Å². The molecule has 1 aromatic heterocycles. The molecule has 0 spiro atoms. The molecule has 0 saturated heterocycles. The molecule has 0 radical (unpaired) electrons. The number of aromatic nitrogens is 2. The molecule has 2 rings (SSSR count). The summed E-state index contributed by atoms with van der Waals surface area (Å²) in [6.07, 6.45) is -4.72. The van der Waals surface area contributed by atoms with Crippen LogP contribution < -0.4 is 4.74 Å². The lowest BCUT2D eigenvalue weighted by atomic mass is 10.2. The van der Waals surface area contributed by atoms with Gasteiger partial charge in [-0.15, -0.1) is 0 Å². The minimum absolute atomic E-state index is 0.0835. The van der Waals surface area contributed by atoms with Crippen molar-refractivity contribution in [2.75, 3.05) is 0 Å². The molecule has 0 N–H and O–H groups in total. The molecular formula is C12H10ClF3N2O. The van der Waals surface area contributed by atoms with Gasteiger partial charge in [0.15, 0.2) is 10.8 Å². The second-order valence-corrected chi connectivity index (χ2v) is 4.54. The fourth-order valence-electron chi connectivity index (χ4n) is 1.54. The summed E-state index contributed by atoms with van der Waals surface area (Å²) in [5.41, 5.74) is -0.813. The number of hydrogen-bond acceptors (Lipinski definition) is 3. The van der Waals surface area contributed by atoms with Gasteiger partial charge in [-0.1, -0.05) is 11.6 Å². The lowest BCUT2D eigenvalue weighted by Gasteiger charge is -2.11. The SMILES string of the molecule is CC(C)Oc1ccc2nc(Cl)c(C(F)(F)F)nc2c1. The summed E-state index contributed by atoms with van der Waals surface area (Å²) in [7, 11) is 0. The largest absolute Gasteiger partial charge is 0.491 e. The first kappa shape index (κ1) is 13.9. The molecule has 0 aliphatic carbocycles. The topological polar surface area (TPSA) is 35.0 Å². The second-order valence-electron chi connectivity index (χ2n) is 4.18. The predicted octanol–water partition coefficient (Wildman–Crippen LogP) is 4.09. The minimum atomic E-state index is -4.63. The summed E-state index contributed by atoms with van der Waals surface area (Å²) in [5.74, 6) is 0.437. The molecule has 19 heavy (non-hydrogen) atoms. The number of nitrogens with zero attached hydrogens (tertiary/aromatic N) is 2. The van der Waals surface area contributed by atoms with E-state index in [0.717, 1.165) is 0 Å². The van der Waals surface area contributed by atoms with E-state index in [9.17, 15) is 13.2 Å². The Kier molecular flexibility index (Phi) is 3.54. The van der Waals surface area contributed by atoms with Gasteiger partial charge >= 0.3 is 6.18 Å². The average molecular weight is 291 g/mol. The second kappa shape index (κ2) is 4.85. The molecule has 102 valence electrons. The Bertz CT molecular complexity index is 614. The maximum atomic E-state index is 12.7. The van der Waals surface area contributed by atoms with Crippen LogP contribution in [0, 0.1) is 0 Å². The van der Waals surface area contributed by atoms with Crippen LogP contribution >= 0.6 is 11.6 Å². The van der Waals surface area contributed by atoms with Gasteiger partial charge in [0.2, 0.25) is 0 Å². The normalized spacial score (nSPS) is 12.2. The van der Waals surface area contributed by atoms with Gasteiger partial charge in [-0.2, -0.15) is 13.2 Å². The summed E-state index contributed by atoms with van der Waals surface area (Å²) in [4.78, 5) is 7.20. The van der Waals surface area contributed by atoms with E-state index in [1.807, 2.05) is 13.8 Å². The van der Waals surface area contributed by atoms with Gasteiger partial charge in [0, 0.05) is 6.07 Å². The molecule has 0 fully saturated rings. The smallest absolute Gasteiger partial charge is 0.436 e. The number of rotatable bonds is 2. The third-order valence-electron chi connectivity index (χ3n) is 2.23. The van der Waals surface area contributed by atoms with Crippen molar-refractivity contribution in [1.82, 2.24) is 9.97 Å². The van der Waals surface area contributed by atoms with Crippen LogP contribution in [0.2, 0.25) is 5.15 Å². The maximum absolute atomic E-state index is 12.7. The van der Waals surface area contributed by atoms with E-state index in [0.29, 0.717) is 5.75 Å². The van der Waals surface area contributed by atoms with Crippen molar-refractivity contribution in [1.29, 1.82) is 0 Å². The standard InChI is InChI=1S/C12H10ClF3N2O/c1-6(2)19-7-3-4-8-9(5-7)17-10(11(13)18-8)12(14,15)16/h3-6H,1-2H3. The van der Waals surface area contributed by atoms with Crippen molar-refractivity contribution in [2.24, 2.45) is 0 Å². The molecule has 3 nitrogen and oxygen atoms in total. The van der Waals surface area contributed by atoms with Gasteiger partial charge in [-0.25, -0.2) is 9.97 Å². The molecule has 0 aliphatic heterocycles. The van der Waals surface area contributed by atoms with E-state index in [4.69, 9.17) is 16.3 Å². The van der Waals surface area contributed by atoms with Crippen molar-refractivity contribution in [2.45, 2.75) is 26.1 Å². The Morgan fingerprint density at radius 2 is 1.84 bits per heavy atom. The maximum Gasteiger partial charge on any atom is 0.436 e. The molecule has 2 aromatic rings. The number of halogens is 4. The first-order chi connectivity index (χ1) is 8.77. The minimum Gasteiger partial charge on any atom is -0.491 e. The fraction of sp³-hybridized carbons (Fsp3) is 0.333. The Balaban J connectivity index is 2.55. The number of hydrogen-bond donors (Lipinski definition) is 0. The number of ether oxygens (including phenoxy) is 1. The highest BCUT2D eigenvalue weighted by molar-refractivity contribution is 6.30. The molecule has 0 aliphatic rings. The first-order valence-electron chi connectivity index (χ1n) is 5.48. The Morgan fingerprint density at radius 3 is 2.42 bits per heavy atom. The molecule has 0 bridgehead atoms. The van der Waals surface area contributed by atoms with Crippen LogP contribution in [0.15, 0.2) is 18.2 Å². The predicted molar refractivity (Wildman–Crippen MR) is 65.3 cm³/mol. The first-order valence-corrected chi connectivity index (χ1v) is 5.86. The van der Waals surface area contributed by atoms with Crippen molar-refractivity contribution in [3.8, 4) is 5.75 Å². The number of alkyl halides is 3. The van der Waals surface area contributed by atoms with Gasteiger partial charge in [0.25, 0.3) is 0 Å². The number of benzene rings is 1. The molecule has 7 heteroatoms. The molecule has 0 saturated carbocycles. The third-order valence-corrected chi connectivity index (χ3v) is 2.50. The molecule has 0 unspecified atom stereocenters. The monoisotopic (exact) mass is 290 g/mol. The summed E-state index contributed by atoms with van der Waals surface area (Å²) in [6.45, 7) is 3.64. The van der Waals surface area contributed by atoms with Crippen LogP contribution in [0.1, 0.15) is 19.5 Å². The lowest BCUT2D eigenvalue weighted by Crippen LogP contribution is -2.10. The van der Waals surface area contributed by atoms with Crippen LogP contribution in [-0.2, 0) is 6.18 Å². The molecule has 1 heterocycles. The Labute approximate surface area is 112 Å². The zero-order chi connectivity index (χ0) is 14.2. The average Bonchev–Trinajstić information content (AvgIpc) is 2.26. The zero-order valence-electron chi connectivity index (χ0n) is 10.1. The van der Waals surface area contributed by atoms with E-state index in [-0.39, 0.29) is 17.1 Å². The van der Waals surface area contributed by atoms with E-state index in [2.05, 4.69) is 9.97 Å². The Hall–Kier alpha value is -1.56. The van der Waals surface area contributed by atoms with Gasteiger partial charge in [0.1, 0.15) is 5.75 Å². The summed E-state index contributed by atoms with van der Waals surface area (Å²) >= 11 is 5.49. The van der Waals surface area contributed by atoms with Crippen molar-refractivity contribution in [3.63, 3.8) is 0 Å². The highest BCUT2D eigenvalue weighted by atomic mass is 35.5. The van der Waals surface area contributed by atoms with Crippen LogP contribution in [0.25, 0.3) is 11.0 Å². The van der Waals surface area contributed by atoms with Crippen LogP contribution in [-0.4, -0.2) is 16.1 Å². The van der Waals surface area contributed by atoms with Gasteiger partial charge < -0.3 is 4.74 Å². The van der Waals surface area contributed by atoms with Crippen molar-refractivity contribution < 1.29 is 17.9 Å². The van der Waals surface area contributed by atoms with Crippen molar-refractivity contribution >= 4 is 22.6 Å². The number of fused-ring (bicyclic) bond motifs is 1.